The van der Waals surface area contributed by atoms with Crippen LogP contribution in [-0.4, -0.2) is 36.3 Å². The van der Waals surface area contributed by atoms with Crippen molar-refractivity contribution in [1.29, 1.82) is 0 Å². The van der Waals surface area contributed by atoms with Crippen molar-refractivity contribution < 1.29 is 9.64 Å². The van der Waals surface area contributed by atoms with Gasteiger partial charge in [0.2, 0.25) is 11.8 Å². The number of halogens is 2. The number of rotatable bonds is 3. The molecule has 5 nitrogen and oxygen atoms in total. The molecule has 4 rings (SSSR count). The van der Waals surface area contributed by atoms with Gasteiger partial charge in [-0.25, -0.2) is 4.98 Å². The highest BCUT2D eigenvalue weighted by molar-refractivity contribution is 6.42. The van der Waals surface area contributed by atoms with Crippen LogP contribution < -0.4 is 10.2 Å². The van der Waals surface area contributed by atoms with Crippen molar-refractivity contribution in [3.8, 4) is 0 Å². The van der Waals surface area contributed by atoms with Gasteiger partial charge >= 0.3 is 0 Å². The molecule has 0 bridgehead atoms. The van der Waals surface area contributed by atoms with Crippen LogP contribution in [0.25, 0.3) is 10.9 Å². The number of aromatic nitrogens is 2. The first-order chi connectivity index (χ1) is 12.2. The number of benzene rings is 2. The highest BCUT2D eigenvalue weighted by Gasteiger charge is 2.22. The van der Waals surface area contributed by atoms with E-state index in [4.69, 9.17) is 32.9 Å². The molecule has 0 saturated carbocycles. The molecule has 1 saturated heterocycles. The van der Waals surface area contributed by atoms with Gasteiger partial charge in [-0.3, -0.25) is 4.90 Å². The molecule has 2 aromatic carbocycles. The fourth-order valence-electron chi connectivity index (χ4n) is 2.96. The Morgan fingerprint density at radius 3 is 2.56 bits per heavy atom. The zero-order valence-electron chi connectivity index (χ0n) is 13.4. The minimum absolute atomic E-state index is 0.492. The van der Waals surface area contributed by atoms with Crippen LogP contribution in [0.1, 0.15) is 0 Å². The lowest BCUT2D eigenvalue weighted by Gasteiger charge is -2.23. The van der Waals surface area contributed by atoms with Crippen molar-refractivity contribution in [2.75, 3.05) is 31.6 Å². The lowest BCUT2D eigenvalue weighted by atomic mass is 10.2. The monoisotopic (exact) mass is 375 g/mol. The van der Waals surface area contributed by atoms with E-state index < -0.39 is 0 Å². The highest BCUT2D eigenvalue weighted by atomic mass is 35.5. The predicted molar refractivity (Wildman–Crippen MR) is 100 cm³/mol. The molecule has 128 valence electrons. The summed E-state index contributed by atoms with van der Waals surface area (Å²) in [6.07, 6.45) is 0. The number of fused-ring (bicyclic) bond motifs is 1. The molecule has 1 aliphatic heterocycles. The van der Waals surface area contributed by atoms with Crippen LogP contribution in [-0.2, 0) is 4.74 Å². The van der Waals surface area contributed by atoms with Crippen molar-refractivity contribution in [2.45, 2.75) is 0 Å². The fourth-order valence-corrected chi connectivity index (χ4v) is 3.26. The number of ether oxygens (including phenoxy) is 1. The van der Waals surface area contributed by atoms with E-state index in [9.17, 15) is 0 Å². The molecule has 0 spiro atoms. The van der Waals surface area contributed by atoms with Crippen LogP contribution in [0.4, 0.5) is 17.5 Å². The first-order valence-corrected chi connectivity index (χ1v) is 8.88. The fraction of sp³-hybridized carbons (Fsp3) is 0.222. The summed E-state index contributed by atoms with van der Waals surface area (Å²) >= 11 is 12.1. The quantitative estimate of drug-likeness (QED) is 0.737. The summed E-state index contributed by atoms with van der Waals surface area (Å²) in [5, 5.41) is 5.31. The summed E-state index contributed by atoms with van der Waals surface area (Å²) in [5.41, 5.74) is 1.71. The number of nitrogens with one attached hydrogen (secondary N) is 2. The van der Waals surface area contributed by atoms with E-state index >= 15 is 0 Å². The first-order valence-electron chi connectivity index (χ1n) is 8.12. The van der Waals surface area contributed by atoms with E-state index in [1.54, 1.807) is 12.1 Å². The molecule has 1 aliphatic rings. The molecular formula is C18H17Cl2N4O+. The van der Waals surface area contributed by atoms with Gasteiger partial charge in [0.15, 0.2) is 0 Å². The van der Waals surface area contributed by atoms with Gasteiger partial charge in [-0.1, -0.05) is 35.3 Å². The summed E-state index contributed by atoms with van der Waals surface area (Å²) < 4.78 is 5.48. The molecule has 2 heterocycles. The van der Waals surface area contributed by atoms with Crippen molar-refractivity contribution in [3.05, 3.63) is 52.5 Å². The molecule has 0 aliphatic carbocycles. The third-order valence-corrected chi connectivity index (χ3v) is 4.95. The largest absolute Gasteiger partial charge is 0.370 e. The third kappa shape index (κ3) is 3.55. The van der Waals surface area contributed by atoms with Gasteiger partial charge in [0.05, 0.1) is 34.2 Å². The second-order valence-corrected chi connectivity index (χ2v) is 6.70. The van der Waals surface area contributed by atoms with E-state index in [1.165, 1.54) is 4.90 Å². The Morgan fingerprint density at radius 2 is 1.76 bits per heavy atom. The van der Waals surface area contributed by atoms with Gasteiger partial charge in [0, 0.05) is 5.69 Å². The Bertz CT molecular complexity index is 913. The van der Waals surface area contributed by atoms with Crippen LogP contribution in [0.5, 0.6) is 0 Å². The van der Waals surface area contributed by atoms with Crippen LogP contribution in [0, 0.1) is 0 Å². The molecule has 0 unspecified atom stereocenters. The summed E-state index contributed by atoms with van der Waals surface area (Å²) in [5.74, 6) is 1.54. The van der Waals surface area contributed by atoms with Crippen LogP contribution in [0.2, 0.25) is 10.0 Å². The lowest BCUT2D eigenvalue weighted by molar-refractivity contribution is -0.843. The van der Waals surface area contributed by atoms with Crippen LogP contribution >= 0.6 is 23.2 Å². The minimum Gasteiger partial charge on any atom is -0.370 e. The molecule has 0 radical (unpaired) electrons. The van der Waals surface area contributed by atoms with Crippen molar-refractivity contribution in [1.82, 2.24) is 9.97 Å². The second kappa shape index (κ2) is 7.14. The maximum Gasteiger partial charge on any atom is 0.238 e. The van der Waals surface area contributed by atoms with E-state index in [0.717, 1.165) is 48.7 Å². The number of para-hydroxylation sites is 1. The maximum absolute atomic E-state index is 6.10. The van der Waals surface area contributed by atoms with Crippen molar-refractivity contribution >= 4 is 51.6 Å². The van der Waals surface area contributed by atoms with Gasteiger partial charge in [-0.05, 0) is 30.3 Å². The van der Waals surface area contributed by atoms with Crippen LogP contribution in [0.3, 0.4) is 0 Å². The predicted octanol–water partition coefficient (Wildman–Crippen LogP) is 3.23. The summed E-state index contributed by atoms with van der Waals surface area (Å²) in [4.78, 5) is 10.7. The molecular weight excluding hydrogens is 359 g/mol. The molecule has 2 N–H and O–H groups in total. The number of nitrogens with zero attached hydrogens (tertiary/aromatic N) is 2. The maximum atomic E-state index is 6.10. The SMILES string of the molecule is Clc1ccc(Nc2nc([NH+]3CCOCC3)c3ccccc3n2)cc1Cl. The Kier molecular flexibility index (Phi) is 4.72. The molecule has 3 aromatic rings. The Morgan fingerprint density at radius 1 is 0.960 bits per heavy atom. The smallest absolute Gasteiger partial charge is 0.238 e. The first kappa shape index (κ1) is 16.5. The Hall–Kier alpha value is -1.92. The number of hydrogen-bond donors (Lipinski definition) is 2. The molecule has 1 aromatic heterocycles. The minimum atomic E-state index is 0.492. The molecule has 0 amide bonds. The van der Waals surface area contributed by atoms with Gasteiger partial charge in [0.25, 0.3) is 0 Å². The zero-order chi connectivity index (χ0) is 17.2. The molecule has 0 atom stereocenters. The number of morpholine rings is 1. The second-order valence-electron chi connectivity index (χ2n) is 5.88. The Balaban J connectivity index is 1.74. The molecule has 1 fully saturated rings. The summed E-state index contributed by atoms with van der Waals surface area (Å²) in [7, 11) is 0. The highest BCUT2D eigenvalue weighted by Crippen LogP contribution is 2.27. The normalized spacial score (nSPS) is 15.4. The lowest BCUT2D eigenvalue weighted by Crippen LogP contribution is -3.09. The van der Waals surface area contributed by atoms with Gasteiger partial charge < -0.3 is 10.1 Å². The van der Waals surface area contributed by atoms with Gasteiger partial charge in [-0.15, -0.1) is 0 Å². The Labute approximate surface area is 155 Å². The average Bonchev–Trinajstić information content (AvgIpc) is 2.65. The van der Waals surface area contributed by atoms with E-state index in [-0.39, 0.29) is 0 Å². The molecule has 25 heavy (non-hydrogen) atoms. The topological polar surface area (TPSA) is 51.5 Å². The van der Waals surface area contributed by atoms with Crippen molar-refractivity contribution in [3.63, 3.8) is 0 Å². The zero-order valence-corrected chi connectivity index (χ0v) is 14.9. The molecule has 7 heteroatoms. The van der Waals surface area contributed by atoms with Crippen molar-refractivity contribution in [2.24, 2.45) is 0 Å². The van der Waals surface area contributed by atoms with Gasteiger partial charge in [-0.2, -0.15) is 4.98 Å². The standard InChI is InChI=1S/C18H16Cl2N4O/c19-14-6-5-12(11-15(14)20)21-18-22-16-4-2-1-3-13(16)17(23-18)24-7-9-25-10-8-24/h1-6,11H,7-10H2,(H,21,22,23)/p+1. The van der Waals surface area contributed by atoms with Crippen LogP contribution in [0.15, 0.2) is 42.5 Å². The third-order valence-electron chi connectivity index (χ3n) is 4.21. The van der Waals surface area contributed by atoms with Gasteiger partial charge in [0.1, 0.15) is 13.1 Å². The van der Waals surface area contributed by atoms with E-state index in [0.29, 0.717) is 16.0 Å². The summed E-state index contributed by atoms with van der Waals surface area (Å²) in [6, 6.07) is 13.4. The van der Waals surface area contributed by atoms with E-state index in [2.05, 4.69) is 16.4 Å². The van der Waals surface area contributed by atoms with E-state index in [1.807, 2.05) is 24.3 Å². The number of anilines is 2. The number of quaternary nitrogens is 1. The summed E-state index contributed by atoms with van der Waals surface area (Å²) in [6.45, 7) is 3.27. The number of hydrogen-bond acceptors (Lipinski definition) is 4. The average molecular weight is 376 g/mol.